The minimum atomic E-state index is -0.173. The summed E-state index contributed by atoms with van der Waals surface area (Å²) in [7, 11) is 0. The number of aliphatic hydroxyl groups excluding tert-OH is 1. The van der Waals surface area contributed by atoms with Gasteiger partial charge < -0.3 is 10.4 Å². The Morgan fingerprint density at radius 2 is 2.09 bits per heavy atom. The Kier molecular flexibility index (Phi) is 3.95. The van der Waals surface area contributed by atoms with E-state index in [-0.39, 0.29) is 6.10 Å². The van der Waals surface area contributed by atoms with Gasteiger partial charge in [-0.25, -0.2) is 9.97 Å². The third kappa shape index (κ3) is 2.93. The third-order valence-electron chi connectivity index (χ3n) is 4.98. The van der Waals surface area contributed by atoms with E-state index in [2.05, 4.69) is 10.3 Å². The molecule has 2 aromatic rings. The molecule has 2 atom stereocenters. The number of fused-ring (bicyclic) bond motifs is 1. The van der Waals surface area contributed by atoms with Crippen LogP contribution in [0.15, 0.2) is 24.4 Å². The van der Waals surface area contributed by atoms with Crippen molar-refractivity contribution in [2.45, 2.75) is 44.6 Å². The third-order valence-corrected chi connectivity index (χ3v) is 4.98. The minimum Gasteiger partial charge on any atom is -0.393 e. The van der Waals surface area contributed by atoms with Gasteiger partial charge in [-0.3, -0.25) is 4.98 Å². The summed E-state index contributed by atoms with van der Waals surface area (Å²) in [6.45, 7) is 0.784. The van der Waals surface area contributed by atoms with Crippen molar-refractivity contribution >= 4 is 5.82 Å². The summed E-state index contributed by atoms with van der Waals surface area (Å²) >= 11 is 0. The average Bonchev–Trinajstić information content (AvgIpc) is 3.22. The molecule has 1 fully saturated rings. The molecule has 0 spiro atoms. The van der Waals surface area contributed by atoms with Gasteiger partial charge in [-0.2, -0.15) is 0 Å². The van der Waals surface area contributed by atoms with Crippen LogP contribution in [0.5, 0.6) is 0 Å². The number of aryl methyl sites for hydroxylation is 1. The lowest BCUT2D eigenvalue weighted by atomic mass is 10.1. The summed E-state index contributed by atoms with van der Waals surface area (Å²) in [6.07, 6.45) is 7.92. The topological polar surface area (TPSA) is 70.9 Å². The van der Waals surface area contributed by atoms with Crippen molar-refractivity contribution in [2.24, 2.45) is 5.92 Å². The maximum atomic E-state index is 10.0. The Bertz CT molecular complexity index is 689. The van der Waals surface area contributed by atoms with Gasteiger partial charge in [0.05, 0.1) is 6.10 Å². The molecule has 5 heteroatoms. The van der Waals surface area contributed by atoms with Crippen LogP contribution in [0.1, 0.15) is 36.9 Å². The minimum absolute atomic E-state index is 0.173. The summed E-state index contributed by atoms with van der Waals surface area (Å²) in [4.78, 5) is 13.8. The lowest BCUT2D eigenvalue weighted by Gasteiger charge is -2.17. The Labute approximate surface area is 136 Å². The van der Waals surface area contributed by atoms with Gasteiger partial charge in [0.1, 0.15) is 11.5 Å². The summed E-state index contributed by atoms with van der Waals surface area (Å²) in [5.41, 5.74) is 3.21. The molecular weight excluding hydrogens is 288 g/mol. The van der Waals surface area contributed by atoms with Gasteiger partial charge in [-0.05, 0) is 44.2 Å². The molecule has 23 heavy (non-hydrogen) atoms. The van der Waals surface area contributed by atoms with Crippen LogP contribution in [0, 0.1) is 5.92 Å². The van der Waals surface area contributed by atoms with Crippen molar-refractivity contribution in [1.82, 2.24) is 15.0 Å². The molecule has 0 radical (unpaired) electrons. The number of pyridine rings is 1. The van der Waals surface area contributed by atoms with Crippen LogP contribution < -0.4 is 5.32 Å². The van der Waals surface area contributed by atoms with E-state index < -0.39 is 0 Å². The predicted octanol–water partition coefficient (Wildman–Crippen LogP) is 2.60. The van der Waals surface area contributed by atoms with E-state index in [4.69, 9.17) is 9.97 Å². The van der Waals surface area contributed by atoms with Gasteiger partial charge in [0.2, 0.25) is 0 Å². The van der Waals surface area contributed by atoms with E-state index in [1.54, 1.807) is 6.20 Å². The van der Waals surface area contributed by atoms with Crippen molar-refractivity contribution in [3.63, 3.8) is 0 Å². The highest BCUT2D eigenvalue weighted by molar-refractivity contribution is 5.57. The molecule has 2 N–H and O–H groups in total. The van der Waals surface area contributed by atoms with Crippen LogP contribution in [0.4, 0.5) is 5.82 Å². The molecule has 0 saturated heterocycles. The van der Waals surface area contributed by atoms with Crippen LogP contribution in [0.2, 0.25) is 0 Å². The quantitative estimate of drug-likeness (QED) is 0.908. The smallest absolute Gasteiger partial charge is 0.180 e. The van der Waals surface area contributed by atoms with Gasteiger partial charge in [-0.15, -0.1) is 0 Å². The molecule has 5 nitrogen and oxygen atoms in total. The van der Waals surface area contributed by atoms with Crippen LogP contribution in [-0.2, 0) is 12.8 Å². The van der Waals surface area contributed by atoms with Crippen molar-refractivity contribution in [2.75, 3.05) is 11.9 Å². The maximum Gasteiger partial charge on any atom is 0.180 e. The fraction of sp³-hybridized carbons (Fsp3) is 0.500. The van der Waals surface area contributed by atoms with Gasteiger partial charge in [0.15, 0.2) is 5.82 Å². The standard InChI is InChI=1S/C18H22N4O/c23-16-9-3-5-12(16)11-20-17-13-6-4-8-14(13)21-18(22-17)15-7-1-2-10-19-15/h1-2,7,10,12,16,23H,3-6,8-9,11H2,(H,20,21,22). The highest BCUT2D eigenvalue weighted by Crippen LogP contribution is 2.30. The number of hydrogen-bond donors (Lipinski definition) is 2. The van der Waals surface area contributed by atoms with Crippen molar-refractivity contribution in [3.05, 3.63) is 35.7 Å². The predicted molar refractivity (Wildman–Crippen MR) is 89.1 cm³/mol. The monoisotopic (exact) mass is 310 g/mol. The highest BCUT2D eigenvalue weighted by atomic mass is 16.3. The van der Waals surface area contributed by atoms with Gasteiger partial charge >= 0.3 is 0 Å². The van der Waals surface area contributed by atoms with Gasteiger partial charge in [0, 0.05) is 29.9 Å². The zero-order valence-electron chi connectivity index (χ0n) is 13.2. The number of aromatic nitrogens is 3. The second-order valence-corrected chi connectivity index (χ2v) is 6.53. The van der Waals surface area contributed by atoms with Crippen LogP contribution >= 0.6 is 0 Å². The first kappa shape index (κ1) is 14.6. The lowest BCUT2D eigenvalue weighted by molar-refractivity contribution is 0.138. The lowest BCUT2D eigenvalue weighted by Crippen LogP contribution is -2.23. The molecule has 0 amide bonds. The molecule has 0 aromatic carbocycles. The first-order chi connectivity index (χ1) is 11.3. The number of aliphatic hydroxyl groups is 1. The fourth-order valence-electron chi connectivity index (χ4n) is 3.67. The zero-order valence-corrected chi connectivity index (χ0v) is 13.2. The van der Waals surface area contributed by atoms with Crippen LogP contribution in [-0.4, -0.2) is 32.7 Å². The second kappa shape index (κ2) is 6.24. The zero-order chi connectivity index (χ0) is 15.6. The molecule has 2 aliphatic rings. The van der Waals surface area contributed by atoms with Crippen molar-refractivity contribution in [3.8, 4) is 11.5 Å². The molecule has 1 saturated carbocycles. The van der Waals surface area contributed by atoms with Gasteiger partial charge in [0.25, 0.3) is 0 Å². The number of nitrogens with zero attached hydrogens (tertiary/aromatic N) is 3. The fourth-order valence-corrected chi connectivity index (χ4v) is 3.67. The van der Waals surface area contributed by atoms with E-state index >= 15 is 0 Å². The first-order valence-corrected chi connectivity index (χ1v) is 8.54. The maximum absolute atomic E-state index is 10.0. The van der Waals surface area contributed by atoms with Crippen LogP contribution in [0.25, 0.3) is 11.5 Å². The Morgan fingerprint density at radius 3 is 2.87 bits per heavy atom. The average molecular weight is 310 g/mol. The molecule has 2 heterocycles. The molecular formula is C18H22N4O. The largest absolute Gasteiger partial charge is 0.393 e. The van der Waals surface area contributed by atoms with E-state index in [1.165, 1.54) is 5.56 Å². The SMILES string of the molecule is OC1CCCC1CNc1nc(-c2ccccn2)nc2c1CCC2. The highest BCUT2D eigenvalue weighted by Gasteiger charge is 2.26. The molecule has 0 bridgehead atoms. The number of hydrogen-bond acceptors (Lipinski definition) is 5. The molecule has 120 valence electrons. The van der Waals surface area contributed by atoms with E-state index in [1.807, 2.05) is 18.2 Å². The Balaban J connectivity index is 1.61. The molecule has 4 rings (SSSR count). The molecule has 2 aromatic heterocycles. The molecule has 2 unspecified atom stereocenters. The van der Waals surface area contributed by atoms with E-state index in [9.17, 15) is 5.11 Å². The normalized spacial score (nSPS) is 23.0. The summed E-state index contributed by atoms with van der Waals surface area (Å²) in [6, 6.07) is 5.81. The summed E-state index contributed by atoms with van der Waals surface area (Å²) in [5.74, 6) is 1.97. The van der Waals surface area contributed by atoms with E-state index in [0.29, 0.717) is 11.7 Å². The summed E-state index contributed by atoms with van der Waals surface area (Å²) in [5, 5.41) is 13.5. The van der Waals surface area contributed by atoms with Gasteiger partial charge in [-0.1, -0.05) is 12.5 Å². The molecule has 2 aliphatic carbocycles. The number of rotatable bonds is 4. The summed E-state index contributed by atoms with van der Waals surface area (Å²) < 4.78 is 0. The van der Waals surface area contributed by atoms with E-state index in [0.717, 1.165) is 62.3 Å². The van der Waals surface area contributed by atoms with Crippen LogP contribution in [0.3, 0.4) is 0 Å². The second-order valence-electron chi connectivity index (χ2n) is 6.53. The van der Waals surface area contributed by atoms with Crippen molar-refractivity contribution in [1.29, 1.82) is 0 Å². The van der Waals surface area contributed by atoms with Crippen molar-refractivity contribution < 1.29 is 5.11 Å². The molecule has 0 aliphatic heterocycles. The first-order valence-electron chi connectivity index (χ1n) is 8.54. The number of anilines is 1. The Hall–Kier alpha value is -2.01. The number of nitrogens with one attached hydrogen (secondary N) is 1. The Morgan fingerprint density at radius 1 is 1.13 bits per heavy atom.